The number of nitrogens with two attached hydrogens (primary N) is 2. The van der Waals surface area contributed by atoms with Gasteiger partial charge in [-0.1, -0.05) is 19.1 Å². The molecule has 1 saturated heterocycles. The van der Waals surface area contributed by atoms with Crippen LogP contribution in [-0.2, 0) is 4.79 Å². The highest BCUT2D eigenvalue weighted by atomic mass is 19.1. The molecular formula is C22H29FN6O2. The van der Waals surface area contributed by atoms with E-state index < -0.39 is 23.7 Å². The van der Waals surface area contributed by atoms with Crippen molar-refractivity contribution in [3.63, 3.8) is 0 Å². The molecule has 1 aromatic carbocycles. The number of hydrogen-bond acceptors (Lipinski definition) is 6. The van der Waals surface area contributed by atoms with Gasteiger partial charge in [0, 0.05) is 5.69 Å². The predicted octanol–water partition coefficient (Wildman–Crippen LogP) is 2.55. The summed E-state index contributed by atoms with van der Waals surface area (Å²) in [5.74, 6) is -1.79. The van der Waals surface area contributed by atoms with Gasteiger partial charge in [-0.3, -0.25) is 9.59 Å². The number of hydrogen-bond donors (Lipinski definition) is 4. The molecule has 0 spiro atoms. The zero-order valence-corrected chi connectivity index (χ0v) is 17.8. The van der Waals surface area contributed by atoms with E-state index >= 15 is 0 Å². The molecule has 1 atom stereocenters. The second-order valence-electron chi connectivity index (χ2n) is 7.91. The van der Waals surface area contributed by atoms with E-state index in [1.807, 2.05) is 24.3 Å². The summed E-state index contributed by atoms with van der Waals surface area (Å²) in [5, 5.41) is 5.72. The quantitative estimate of drug-likeness (QED) is 0.512. The summed E-state index contributed by atoms with van der Waals surface area (Å²) in [5.41, 5.74) is 12.6. The van der Waals surface area contributed by atoms with E-state index in [1.165, 1.54) is 5.56 Å². The van der Waals surface area contributed by atoms with E-state index in [-0.39, 0.29) is 17.2 Å². The van der Waals surface area contributed by atoms with Crippen LogP contribution in [0.1, 0.15) is 48.0 Å². The summed E-state index contributed by atoms with van der Waals surface area (Å²) in [6.45, 7) is 3.89. The van der Waals surface area contributed by atoms with Crippen molar-refractivity contribution >= 4 is 29.1 Å². The van der Waals surface area contributed by atoms with Gasteiger partial charge >= 0.3 is 0 Å². The van der Waals surface area contributed by atoms with Gasteiger partial charge in [-0.15, -0.1) is 0 Å². The minimum Gasteiger partial charge on any atom is -0.368 e. The molecule has 6 N–H and O–H groups in total. The van der Waals surface area contributed by atoms with Crippen LogP contribution < -0.4 is 22.1 Å². The van der Waals surface area contributed by atoms with Crippen LogP contribution in [0, 0.1) is 5.82 Å². The van der Waals surface area contributed by atoms with E-state index in [0.29, 0.717) is 18.0 Å². The summed E-state index contributed by atoms with van der Waals surface area (Å²) in [7, 11) is 2.13. The van der Waals surface area contributed by atoms with E-state index in [0.717, 1.165) is 32.0 Å². The third-order valence-corrected chi connectivity index (χ3v) is 5.67. The molecule has 1 unspecified atom stereocenters. The van der Waals surface area contributed by atoms with Crippen LogP contribution >= 0.6 is 0 Å². The van der Waals surface area contributed by atoms with Crippen LogP contribution in [-0.4, -0.2) is 47.9 Å². The molecular weight excluding hydrogens is 399 g/mol. The molecule has 0 bridgehead atoms. The number of piperidine rings is 1. The van der Waals surface area contributed by atoms with Gasteiger partial charge in [0.1, 0.15) is 11.9 Å². The number of nitrogens with zero attached hydrogens (tertiary/aromatic N) is 2. The van der Waals surface area contributed by atoms with Crippen molar-refractivity contribution in [2.24, 2.45) is 11.5 Å². The smallest absolute Gasteiger partial charge is 0.252 e. The van der Waals surface area contributed by atoms with Crippen molar-refractivity contribution in [2.45, 2.75) is 38.1 Å². The Hall–Kier alpha value is -3.20. The van der Waals surface area contributed by atoms with Crippen LogP contribution in [0.3, 0.4) is 0 Å². The molecule has 3 rings (SSSR count). The lowest BCUT2D eigenvalue weighted by Gasteiger charge is -2.29. The third kappa shape index (κ3) is 5.49. The van der Waals surface area contributed by atoms with E-state index in [4.69, 9.17) is 11.5 Å². The Morgan fingerprint density at radius 3 is 2.39 bits per heavy atom. The van der Waals surface area contributed by atoms with Gasteiger partial charge in [0.2, 0.25) is 5.91 Å². The van der Waals surface area contributed by atoms with Gasteiger partial charge in [0.15, 0.2) is 11.6 Å². The normalized spacial score (nSPS) is 16.0. The highest BCUT2D eigenvalue weighted by Crippen LogP contribution is 2.30. The van der Waals surface area contributed by atoms with Gasteiger partial charge in [0.05, 0.1) is 5.56 Å². The first-order chi connectivity index (χ1) is 14.8. The Labute approximate surface area is 181 Å². The standard InChI is InChI=1S/C22H29FN6O2/c1-3-18(20(25)31)27-22-17(23)12-16(19(24)30)21(28-22)26-15-6-4-13(5-7-15)14-8-10-29(2)11-9-14/h4-7,12,14,18H,3,8-11H2,1-2H3,(H2,24,30)(H2,25,31)(H2,26,27,28). The molecule has 2 amide bonds. The third-order valence-electron chi connectivity index (χ3n) is 5.67. The lowest BCUT2D eigenvalue weighted by Crippen LogP contribution is -2.35. The van der Waals surface area contributed by atoms with Crippen LogP contribution in [0.5, 0.6) is 0 Å². The zero-order chi connectivity index (χ0) is 22.5. The van der Waals surface area contributed by atoms with Gasteiger partial charge in [-0.25, -0.2) is 9.37 Å². The van der Waals surface area contributed by atoms with Gasteiger partial charge < -0.3 is 27.0 Å². The summed E-state index contributed by atoms with van der Waals surface area (Å²) >= 11 is 0. The number of nitrogens with one attached hydrogen (secondary N) is 2. The van der Waals surface area contributed by atoms with E-state index in [2.05, 4.69) is 27.6 Å². The summed E-state index contributed by atoms with van der Waals surface area (Å²) in [4.78, 5) is 29.8. The Kier molecular flexibility index (Phi) is 7.06. The van der Waals surface area contributed by atoms with E-state index in [1.54, 1.807) is 6.92 Å². The number of halogens is 1. The Morgan fingerprint density at radius 2 is 1.84 bits per heavy atom. The average Bonchev–Trinajstić information content (AvgIpc) is 2.74. The first kappa shape index (κ1) is 22.5. The molecule has 166 valence electrons. The average molecular weight is 429 g/mol. The topological polar surface area (TPSA) is 126 Å². The number of benzene rings is 1. The molecule has 1 aromatic heterocycles. The summed E-state index contributed by atoms with van der Waals surface area (Å²) < 4.78 is 14.5. The molecule has 0 saturated carbocycles. The number of aromatic nitrogens is 1. The number of amides is 2. The zero-order valence-electron chi connectivity index (χ0n) is 17.8. The molecule has 1 aliphatic rings. The minimum absolute atomic E-state index is 0.0884. The highest BCUT2D eigenvalue weighted by molar-refractivity contribution is 5.98. The monoisotopic (exact) mass is 428 g/mol. The van der Waals surface area contributed by atoms with Crippen LogP contribution in [0.4, 0.5) is 21.7 Å². The highest BCUT2D eigenvalue weighted by Gasteiger charge is 2.21. The molecule has 8 nitrogen and oxygen atoms in total. The maximum absolute atomic E-state index is 14.5. The Balaban J connectivity index is 1.83. The largest absolute Gasteiger partial charge is 0.368 e. The molecule has 1 fully saturated rings. The fraction of sp³-hybridized carbons (Fsp3) is 0.409. The maximum Gasteiger partial charge on any atom is 0.252 e. The number of pyridine rings is 1. The molecule has 9 heteroatoms. The molecule has 0 aliphatic carbocycles. The molecule has 0 radical (unpaired) electrons. The van der Waals surface area contributed by atoms with Crippen molar-refractivity contribution in [3.05, 3.63) is 47.3 Å². The van der Waals surface area contributed by atoms with Gasteiger partial charge in [-0.05, 0) is 69.1 Å². The minimum atomic E-state index is -0.815. The van der Waals surface area contributed by atoms with Crippen molar-refractivity contribution in [3.8, 4) is 0 Å². The van der Waals surface area contributed by atoms with Crippen LogP contribution in [0.25, 0.3) is 0 Å². The van der Waals surface area contributed by atoms with Gasteiger partial charge in [-0.2, -0.15) is 0 Å². The summed E-state index contributed by atoms with van der Waals surface area (Å²) in [6.07, 6.45) is 2.58. The second-order valence-corrected chi connectivity index (χ2v) is 7.91. The van der Waals surface area contributed by atoms with Crippen molar-refractivity contribution in [1.29, 1.82) is 0 Å². The number of anilines is 3. The molecule has 2 heterocycles. The first-order valence-corrected chi connectivity index (χ1v) is 10.4. The van der Waals surface area contributed by atoms with Crippen molar-refractivity contribution in [2.75, 3.05) is 30.8 Å². The SMILES string of the molecule is CCC(Nc1nc(Nc2ccc(C3CCN(C)CC3)cc2)c(C(N)=O)cc1F)C(N)=O. The van der Waals surface area contributed by atoms with Crippen LogP contribution in [0.15, 0.2) is 30.3 Å². The number of primary amides is 2. The Morgan fingerprint density at radius 1 is 1.19 bits per heavy atom. The fourth-order valence-electron chi connectivity index (χ4n) is 3.73. The summed E-state index contributed by atoms with van der Waals surface area (Å²) in [6, 6.07) is 8.10. The number of carbonyl (C=O) groups is 2. The lowest BCUT2D eigenvalue weighted by atomic mass is 9.89. The second kappa shape index (κ2) is 9.74. The molecule has 1 aliphatic heterocycles. The predicted molar refractivity (Wildman–Crippen MR) is 119 cm³/mol. The molecule has 31 heavy (non-hydrogen) atoms. The first-order valence-electron chi connectivity index (χ1n) is 10.4. The number of carbonyl (C=O) groups excluding carboxylic acids is 2. The van der Waals surface area contributed by atoms with Crippen molar-refractivity contribution in [1.82, 2.24) is 9.88 Å². The number of rotatable bonds is 8. The Bertz CT molecular complexity index is 942. The fourth-order valence-corrected chi connectivity index (χ4v) is 3.73. The van der Waals surface area contributed by atoms with Crippen LogP contribution in [0.2, 0.25) is 0 Å². The van der Waals surface area contributed by atoms with Gasteiger partial charge in [0.25, 0.3) is 5.91 Å². The molecule has 2 aromatic rings. The van der Waals surface area contributed by atoms with Crippen molar-refractivity contribution < 1.29 is 14.0 Å². The lowest BCUT2D eigenvalue weighted by molar-refractivity contribution is -0.118. The maximum atomic E-state index is 14.5. The number of likely N-dealkylation sites (tertiary alicyclic amines) is 1. The van der Waals surface area contributed by atoms with E-state index in [9.17, 15) is 14.0 Å².